The lowest BCUT2D eigenvalue weighted by molar-refractivity contribution is -0.111. The summed E-state index contributed by atoms with van der Waals surface area (Å²) < 4.78 is 51.1. The van der Waals surface area contributed by atoms with E-state index >= 15 is 0 Å². The number of nitrogens with one attached hydrogen (secondary N) is 1. The Bertz CT molecular complexity index is 948. The number of aromatic nitrogens is 1. The maximum absolute atomic E-state index is 13.6. The second-order valence-corrected chi connectivity index (χ2v) is 9.74. The minimum atomic E-state index is -3.37. The lowest BCUT2D eigenvalue weighted by Crippen LogP contribution is -2.15. The van der Waals surface area contributed by atoms with Crippen LogP contribution in [0.3, 0.4) is 0 Å². The summed E-state index contributed by atoms with van der Waals surface area (Å²) in [6.07, 6.45) is 0.0584. The Morgan fingerprint density at radius 1 is 1.25 bits per heavy atom. The maximum Gasteiger partial charge on any atom is 0.257 e. The molecule has 9 heteroatoms. The number of alkyl halides is 2. The van der Waals surface area contributed by atoms with Crippen LogP contribution in [0.1, 0.15) is 25.3 Å². The average Bonchev–Trinajstić information content (AvgIpc) is 3.29. The molecule has 1 aromatic carbocycles. The molecule has 1 aliphatic rings. The van der Waals surface area contributed by atoms with Gasteiger partial charge in [0.15, 0.2) is 15.0 Å². The van der Waals surface area contributed by atoms with Crippen LogP contribution in [-0.4, -0.2) is 37.4 Å². The quantitative estimate of drug-likeness (QED) is 0.707. The van der Waals surface area contributed by atoms with Gasteiger partial charge in [0.1, 0.15) is 12.3 Å². The number of amides is 1. The molecule has 1 N–H and O–H groups in total. The Morgan fingerprint density at radius 3 is 2.43 bits per heavy atom. The Morgan fingerprint density at radius 2 is 1.89 bits per heavy atom. The van der Waals surface area contributed by atoms with Crippen molar-refractivity contribution in [1.82, 2.24) is 4.98 Å². The minimum Gasteiger partial charge on any atom is -0.298 e. The van der Waals surface area contributed by atoms with Crippen molar-refractivity contribution in [3.63, 3.8) is 0 Å². The average molecular weight is 427 g/mol. The van der Waals surface area contributed by atoms with Gasteiger partial charge in [-0.2, -0.15) is 0 Å². The fourth-order valence-corrected chi connectivity index (χ4v) is 4.51. The molecule has 3 atom stereocenters. The van der Waals surface area contributed by atoms with Crippen LogP contribution in [0.5, 0.6) is 0 Å². The van der Waals surface area contributed by atoms with E-state index in [0.717, 1.165) is 0 Å². The summed E-state index contributed by atoms with van der Waals surface area (Å²) in [5.74, 6) is -0.905. The van der Waals surface area contributed by atoms with Crippen LogP contribution >= 0.6 is 11.3 Å². The lowest BCUT2D eigenvalue weighted by atomic mass is 9.98. The van der Waals surface area contributed by atoms with Crippen LogP contribution in [0.4, 0.5) is 13.9 Å². The van der Waals surface area contributed by atoms with E-state index in [0.29, 0.717) is 10.7 Å². The molecule has 28 heavy (non-hydrogen) atoms. The first kappa shape index (κ1) is 20.6. The smallest absolute Gasteiger partial charge is 0.257 e. The van der Waals surface area contributed by atoms with E-state index in [-0.39, 0.29) is 29.1 Å². The Labute approximate surface area is 166 Å². The van der Waals surface area contributed by atoms with E-state index in [2.05, 4.69) is 10.3 Å². The fourth-order valence-electron chi connectivity index (χ4n) is 3.10. The monoisotopic (exact) mass is 426 g/mol. The summed E-state index contributed by atoms with van der Waals surface area (Å²) in [7, 11) is -3.37. The van der Waals surface area contributed by atoms with Crippen molar-refractivity contribution in [1.29, 1.82) is 0 Å². The summed E-state index contributed by atoms with van der Waals surface area (Å²) in [6, 6.07) is 5.93. The molecule has 3 rings (SSSR count). The van der Waals surface area contributed by atoms with Crippen molar-refractivity contribution in [2.75, 3.05) is 11.1 Å². The predicted octanol–water partition coefficient (Wildman–Crippen LogP) is 4.05. The number of carbonyl (C=O) groups is 1. The van der Waals surface area contributed by atoms with Crippen LogP contribution in [0, 0.1) is 5.92 Å². The Hall–Kier alpha value is -2.13. The standard InChI is InChI=1S/C19H20F2N2O3S2/c1-2-28(25,26)14-5-3-13(4-6-14)15(9-12-10-16(20)17(21)11-12)18(24)23-19-22-7-8-27-19/h3-9,12,16-17H,2,10-11H2,1H3,(H,22,23,24)/b15-9+/t12-,16+,17-. The third-order valence-electron chi connectivity index (χ3n) is 4.65. The van der Waals surface area contributed by atoms with Crippen LogP contribution in [-0.2, 0) is 14.6 Å². The summed E-state index contributed by atoms with van der Waals surface area (Å²) in [4.78, 5) is 16.9. The van der Waals surface area contributed by atoms with E-state index in [1.165, 1.54) is 35.6 Å². The zero-order valence-corrected chi connectivity index (χ0v) is 16.8. The van der Waals surface area contributed by atoms with E-state index in [9.17, 15) is 22.0 Å². The minimum absolute atomic E-state index is 0.0114. The number of carbonyl (C=O) groups excluding carboxylic acids is 1. The number of sulfone groups is 1. The molecule has 0 aliphatic heterocycles. The van der Waals surface area contributed by atoms with Gasteiger partial charge < -0.3 is 0 Å². The maximum atomic E-state index is 13.6. The normalized spacial score (nSPS) is 23.0. The number of hydrogen-bond donors (Lipinski definition) is 1. The number of anilines is 1. The van der Waals surface area contributed by atoms with Crippen molar-refractivity contribution in [3.05, 3.63) is 47.5 Å². The lowest BCUT2D eigenvalue weighted by Gasteiger charge is -2.11. The van der Waals surface area contributed by atoms with Crippen molar-refractivity contribution in [2.24, 2.45) is 5.92 Å². The van der Waals surface area contributed by atoms with Gasteiger partial charge >= 0.3 is 0 Å². The van der Waals surface area contributed by atoms with Crippen LogP contribution in [0.25, 0.3) is 5.57 Å². The SMILES string of the molecule is CCS(=O)(=O)c1ccc(/C(=C\[C@H]2C[C@@H](F)[C@@H](F)C2)C(=O)Nc2nccs2)cc1. The highest BCUT2D eigenvalue weighted by Crippen LogP contribution is 2.34. The third-order valence-corrected chi connectivity index (χ3v) is 7.09. The summed E-state index contributed by atoms with van der Waals surface area (Å²) in [5.41, 5.74) is 0.712. The summed E-state index contributed by atoms with van der Waals surface area (Å²) in [5, 5.41) is 4.78. The Kier molecular flexibility index (Phi) is 6.24. The summed E-state index contributed by atoms with van der Waals surface area (Å²) >= 11 is 1.25. The zero-order chi connectivity index (χ0) is 20.3. The van der Waals surface area contributed by atoms with Gasteiger partial charge in [-0.25, -0.2) is 22.2 Å². The first-order valence-electron chi connectivity index (χ1n) is 8.84. The van der Waals surface area contributed by atoms with Gasteiger partial charge in [-0.05, 0) is 36.5 Å². The number of allylic oxidation sites excluding steroid dienone is 1. The number of hydrogen-bond acceptors (Lipinski definition) is 5. The number of nitrogens with zero attached hydrogens (tertiary/aromatic N) is 1. The molecule has 1 fully saturated rings. The molecule has 1 saturated carbocycles. The molecule has 0 spiro atoms. The van der Waals surface area contributed by atoms with Crippen molar-refractivity contribution in [2.45, 2.75) is 37.0 Å². The van der Waals surface area contributed by atoms with Crippen molar-refractivity contribution in [3.8, 4) is 0 Å². The third kappa shape index (κ3) is 4.64. The van der Waals surface area contributed by atoms with Crippen LogP contribution in [0.15, 0.2) is 46.8 Å². The highest BCUT2D eigenvalue weighted by atomic mass is 32.2. The molecule has 1 aliphatic carbocycles. The molecule has 0 bridgehead atoms. The van der Waals surface area contributed by atoms with Gasteiger partial charge in [0.2, 0.25) is 0 Å². The van der Waals surface area contributed by atoms with E-state index in [1.807, 2.05) is 0 Å². The molecule has 0 radical (unpaired) electrons. The van der Waals surface area contributed by atoms with E-state index in [1.54, 1.807) is 24.6 Å². The van der Waals surface area contributed by atoms with Gasteiger partial charge in [-0.3, -0.25) is 10.1 Å². The van der Waals surface area contributed by atoms with Crippen molar-refractivity contribution >= 4 is 37.8 Å². The van der Waals surface area contributed by atoms with Crippen molar-refractivity contribution < 1.29 is 22.0 Å². The predicted molar refractivity (Wildman–Crippen MR) is 105 cm³/mol. The van der Waals surface area contributed by atoms with Gasteiger partial charge in [0.25, 0.3) is 5.91 Å². The van der Waals surface area contributed by atoms with Gasteiger partial charge in [-0.15, -0.1) is 11.3 Å². The van der Waals surface area contributed by atoms with E-state index < -0.39 is 34.0 Å². The van der Waals surface area contributed by atoms with Crippen LogP contribution in [0.2, 0.25) is 0 Å². The molecule has 0 saturated heterocycles. The van der Waals surface area contributed by atoms with E-state index in [4.69, 9.17) is 0 Å². The number of benzene rings is 1. The van der Waals surface area contributed by atoms with Crippen LogP contribution < -0.4 is 5.32 Å². The second-order valence-electron chi connectivity index (χ2n) is 6.56. The molecule has 1 heterocycles. The highest BCUT2D eigenvalue weighted by Gasteiger charge is 2.34. The Balaban J connectivity index is 1.92. The molecule has 1 amide bonds. The molecule has 2 aromatic rings. The zero-order valence-electron chi connectivity index (χ0n) is 15.1. The molecule has 1 aromatic heterocycles. The summed E-state index contributed by atoms with van der Waals surface area (Å²) in [6.45, 7) is 1.55. The molecule has 5 nitrogen and oxygen atoms in total. The molecule has 150 valence electrons. The second kappa shape index (κ2) is 8.48. The van der Waals surface area contributed by atoms with Gasteiger partial charge in [-0.1, -0.05) is 25.1 Å². The molecule has 0 unspecified atom stereocenters. The van der Waals surface area contributed by atoms with Gasteiger partial charge in [0.05, 0.1) is 10.6 Å². The number of thiazole rings is 1. The highest BCUT2D eigenvalue weighted by molar-refractivity contribution is 7.91. The fraction of sp³-hybridized carbons (Fsp3) is 0.368. The number of halogens is 2. The first-order valence-corrected chi connectivity index (χ1v) is 11.4. The molecular weight excluding hydrogens is 406 g/mol. The molecular formula is C19H20F2N2O3S2. The number of rotatable bonds is 6. The first-order chi connectivity index (χ1) is 13.3. The largest absolute Gasteiger partial charge is 0.298 e. The van der Waals surface area contributed by atoms with Gasteiger partial charge in [0, 0.05) is 17.2 Å². The topological polar surface area (TPSA) is 76.1 Å².